The zero-order valence-electron chi connectivity index (χ0n) is 10.3. The van der Waals surface area contributed by atoms with Crippen molar-refractivity contribution < 1.29 is 19.4 Å². The molecule has 0 aliphatic rings. The van der Waals surface area contributed by atoms with Crippen molar-refractivity contribution in [2.45, 2.75) is 0 Å². The Morgan fingerprint density at radius 1 is 1.10 bits per heavy atom. The van der Waals surface area contributed by atoms with E-state index >= 15 is 0 Å². The summed E-state index contributed by atoms with van der Waals surface area (Å²) in [6.45, 7) is 3.42. The number of para-hydroxylation sites is 1. The molecule has 0 fully saturated rings. The molecule has 0 aliphatic heterocycles. The average molecular weight is 378 g/mol. The van der Waals surface area contributed by atoms with Crippen molar-refractivity contribution in [2.24, 2.45) is 0 Å². The van der Waals surface area contributed by atoms with Crippen LogP contribution in [0.3, 0.4) is 0 Å². The molecular weight excluding hydrogens is 365 g/mol. The second kappa shape index (κ2) is 5.07. The van der Waals surface area contributed by atoms with Gasteiger partial charge in [-0.15, -0.1) is 6.58 Å². The molecule has 20 heavy (non-hydrogen) atoms. The predicted molar refractivity (Wildman–Crippen MR) is 78.8 cm³/mol. The Kier molecular flexibility index (Phi) is 4.32. The highest BCUT2D eigenvalue weighted by Gasteiger charge is 2.60. The molecule has 0 N–H and O–H groups in total. The van der Waals surface area contributed by atoms with Crippen LogP contribution in [-0.4, -0.2) is 13.1 Å². The molecular formula is C12H13BrF5NS. The summed E-state index contributed by atoms with van der Waals surface area (Å²) in [5.41, 5.74) is 0.596. The van der Waals surface area contributed by atoms with Crippen molar-refractivity contribution in [2.75, 3.05) is 18.0 Å². The van der Waals surface area contributed by atoms with Gasteiger partial charge in [0.15, 0.2) is 0 Å². The van der Waals surface area contributed by atoms with E-state index in [-0.39, 0.29) is 13.1 Å². The molecule has 0 spiro atoms. The lowest BCUT2D eigenvalue weighted by atomic mass is 10.3. The molecule has 1 rings (SSSR count). The Balaban J connectivity index is 2.94. The average Bonchev–Trinajstić information content (AvgIpc) is 2.25. The smallest absolute Gasteiger partial charge is 0.304 e. The molecule has 0 bridgehead atoms. The van der Waals surface area contributed by atoms with Crippen molar-refractivity contribution >= 4 is 31.8 Å². The normalized spacial score (nSPS) is 15.7. The monoisotopic (exact) mass is 377 g/mol. The summed E-state index contributed by atoms with van der Waals surface area (Å²) < 4.78 is 61.6. The number of nitrogens with zero attached hydrogens (tertiary/aromatic N) is 1. The first-order valence-electron chi connectivity index (χ1n) is 5.44. The lowest BCUT2D eigenvalue weighted by Crippen LogP contribution is -2.23. The van der Waals surface area contributed by atoms with Gasteiger partial charge in [-0.1, -0.05) is 37.6 Å². The van der Waals surface area contributed by atoms with Crippen LogP contribution in [0.4, 0.5) is 25.1 Å². The molecule has 0 aromatic heterocycles. The van der Waals surface area contributed by atoms with Crippen molar-refractivity contribution in [1.82, 2.24) is 0 Å². The standard InChI is InChI=1S/C12H13BrF5NS/c1-2-8-19(12-7-4-3-6-11(12)13)9-5-10-20(14,15,16,17)18/h2-7,10H,1,8-9H2/b10-5+. The summed E-state index contributed by atoms with van der Waals surface area (Å²) in [4.78, 5) is 1.48. The largest absolute Gasteiger partial charge is 0.363 e. The van der Waals surface area contributed by atoms with Crippen LogP contribution in [-0.2, 0) is 0 Å². The van der Waals surface area contributed by atoms with E-state index in [4.69, 9.17) is 0 Å². The summed E-state index contributed by atoms with van der Waals surface area (Å²) >= 11 is 3.26. The SMILES string of the molecule is C=CCN(C/C=C/S(F)(F)(F)(F)F)c1ccccc1Br. The molecule has 0 unspecified atom stereocenters. The Hall–Kier alpha value is -1.02. The Morgan fingerprint density at radius 3 is 2.20 bits per heavy atom. The van der Waals surface area contributed by atoms with Crippen LogP contribution >= 0.6 is 26.2 Å². The van der Waals surface area contributed by atoms with Crippen LogP contribution in [0.2, 0.25) is 0 Å². The van der Waals surface area contributed by atoms with E-state index in [2.05, 4.69) is 22.5 Å². The van der Waals surface area contributed by atoms with Crippen LogP contribution in [0, 0.1) is 0 Å². The van der Waals surface area contributed by atoms with Crippen molar-refractivity contribution in [3.63, 3.8) is 0 Å². The van der Waals surface area contributed by atoms with Crippen LogP contribution in [0.25, 0.3) is 0 Å². The lowest BCUT2D eigenvalue weighted by molar-refractivity contribution is 0.384. The minimum absolute atomic E-state index is 0.229. The maximum Gasteiger partial charge on any atom is 0.304 e. The zero-order chi connectivity index (χ0) is 15.5. The predicted octanol–water partition coefficient (Wildman–Crippen LogP) is 6.25. The fourth-order valence-electron chi connectivity index (χ4n) is 1.49. The highest BCUT2D eigenvalue weighted by molar-refractivity contribution is 9.10. The molecule has 114 valence electrons. The summed E-state index contributed by atoms with van der Waals surface area (Å²) in [6.07, 6.45) is 1.90. The van der Waals surface area contributed by atoms with Gasteiger partial charge >= 0.3 is 10.2 Å². The number of anilines is 1. The number of hydrogen-bond donors (Lipinski definition) is 0. The molecule has 1 aromatic rings. The van der Waals surface area contributed by atoms with Gasteiger partial charge in [0.2, 0.25) is 0 Å². The second-order valence-corrected chi connectivity index (χ2v) is 7.23. The number of rotatable bonds is 6. The highest BCUT2D eigenvalue weighted by atomic mass is 79.9. The van der Waals surface area contributed by atoms with Gasteiger partial charge in [-0.2, -0.15) is 0 Å². The molecule has 1 nitrogen and oxygen atoms in total. The van der Waals surface area contributed by atoms with Gasteiger partial charge in [0.05, 0.1) is 11.1 Å². The number of benzene rings is 1. The number of hydrogen-bond acceptors (Lipinski definition) is 1. The Bertz CT molecular complexity index is 526. The van der Waals surface area contributed by atoms with Gasteiger partial charge in [-0.05, 0) is 34.1 Å². The summed E-state index contributed by atoms with van der Waals surface area (Å²) in [7, 11) is -9.50. The molecule has 0 heterocycles. The van der Waals surface area contributed by atoms with E-state index in [1.54, 1.807) is 24.3 Å². The quantitative estimate of drug-likeness (QED) is 0.418. The van der Waals surface area contributed by atoms with Gasteiger partial charge in [0, 0.05) is 17.6 Å². The molecule has 0 saturated carbocycles. The van der Waals surface area contributed by atoms with E-state index in [0.29, 0.717) is 16.2 Å². The first kappa shape index (κ1) is 17.0. The summed E-state index contributed by atoms with van der Waals surface area (Å²) in [5.74, 6) is 0. The van der Waals surface area contributed by atoms with Gasteiger partial charge in [-0.25, -0.2) is 0 Å². The maximum absolute atomic E-state index is 12.2. The molecule has 0 amide bonds. The third-order valence-electron chi connectivity index (χ3n) is 2.22. The second-order valence-electron chi connectivity index (χ2n) is 4.05. The van der Waals surface area contributed by atoms with E-state index in [0.717, 1.165) is 0 Å². The molecule has 1 aromatic carbocycles. The van der Waals surface area contributed by atoms with Crippen molar-refractivity contribution in [3.05, 3.63) is 52.9 Å². The molecule has 0 radical (unpaired) electrons. The van der Waals surface area contributed by atoms with E-state index < -0.39 is 15.6 Å². The summed E-state index contributed by atoms with van der Waals surface area (Å²) in [6, 6.07) is 6.81. The van der Waals surface area contributed by atoms with Gasteiger partial charge in [0.1, 0.15) is 0 Å². The topological polar surface area (TPSA) is 3.24 Å². The Morgan fingerprint density at radius 2 is 1.70 bits per heavy atom. The third kappa shape index (κ3) is 6.42. The van der Waals surface area contributed by atoms with E-state index in [9.17, 15) is 19.4 Å². The first-order chi connectivity index (χ1) is 8.91. The van der Waals surface area contributed by atoms with E-state index in [1.807, 2.05) is 0 Å². The lowest BCUT2D eigenvalue weighted by Gasteiger charge is -2.37. The minimum atomic E-state index is -9.50. The van der Waals surface area contributed by atoms with Gasteiger partial charge in [-0.3, -0.25) is 0 Å². The zero-order valence-corrected chi connectivity index (χ0v) is 12.7. The van der Waals surface area contributed by atoms with Crippen molar-refractivity contribution in [3.8, 4) is 0 Å². The fraction of sp³-hybridized carbons (Fsp3) is 0.167. The van der Waals surface area contributed by atoms with Crippen LogP contribution in [0.15, 0.2) is 52.9 Å². The van der Waals surface area contributed by atoms with Crippen LogP contribution in [0.5, 0.6) is 0 Å². The molecule has 0 aliphatic carbocycles. The molecule has 0 atom stereocenters. The summed E-state index contributed by atoms with van der Waals surface area (Å²) in [5, 5.41) is -0.924. The van der Waals surface area contributed by atoms with Crippen LogP contribution in [0.1, 0.15) is 0 Å². The Labute approximate surface area is 122 Å². The highest BCUT2D eigenvalue weighted by Crippen LogP contribution is 2.98. The number of halogens is 6. The first-order valence-corrected chi connectivity index (χ1v) is 8.25. The molecule has 0 saturated heterocycles. The van der Waals surface area contributed by atoms with Crippen LogP contribution < -0.4 is 4.90 Å². The molecule has 8 heteroatoms. The minimum Gasteiger partial charge on any atom is -0.363 e. The van der Waals surface area contributed by atoms with Gasteiger partial charge < -0.3 is 4.90 Å². The van der Waals surface area contributed by atoms with Crippen molar-refractivity contribution in [1.29, 1.82) is 0 Å². The third-order valence-corrected chi connectivity index (χ3v) is 3.60. The maximum atomic E-state index is 12.2. The van der Waals surface area contributed by atoms with E-state index in [1.165, 1.54) is 11.0 Å². The van der Waals surface area contributed by atoms with Gasteiger partial charge in [0.25, 0.3) is 0 Å². The fourth-order valence-corrected chi connectivity index (χ4v) is 2.47.